The Bertz CT molecular complexity index is 1400. The van der Waals surface area contributed by atoms with E-state index in [1.54, 1.807) is 40.3 Å². The summed E-state index contributed by atoms with van der Waals surface area (Å²) in [7, 11) is 0. The van der Waals surface area contributed by atoms with Gasteiger partial charge in [-0.15, -0.1) is 0 Å². The lowest BCUT2D eigenvalue weighted by molar-refractivity contribution is -0.134. The Morgan fingerprint density at radius 1 is 1.05 bits per heavy atom. The van der Waals surface area contributed by atoms with Crippen molar-refractivity contribution in [2.24, 2.45) is 0 Å². The Labute approximate surface area is 245 Å². The largest absolute Gasteiger partial charge is 0.427 e. The highest BCUT2D eigenvalue weighted by Crippen LogP contribution is 2.34. The van der Waals surface area contributed by atoms with E-state index in [4.69, 9.17) is 9.72 Å². The molecular weight excluding hydrogens is 536 g/mol. The molecule has 1 aliphatic heterocycles. The second kappa shape index (κ2) is 14.0. The second-order valence-electron chi connectivity index (χ2n) is 10.6. The van der Waals surface area contributed by atoms with Crippen LogP contribution in [0, 0.1) is 0 Å². The first kappa shape index (κ1) is 29.1. The van der Waals surface area contributed by atoms with Gasteiger partial charge in [0.2, 0.25) is 5.91 Å². The van der Waals surface area contributed by atoms with Crippen LogP contribution in [0.5, 0.6) is 5.75 Å². The van der Waals surface area contributed by atoms with Crippen molar-refractivity contribution in [2.75, 3.05) is 13.1 Å². The molecule has 2 heterocycles. The number of hydrogen-bond donors (Lipinski definition) is 1. The molecule has 1 aromatic heterocycles. The molecule has 0 atom stereocenters. The molecule has 3 aromatic rings. The monoisotopic (exact) mass is 574 g/mol. The standard InChI is InChI=1S/C32H38N4O4S/c1-2-30(38)40-25-15-13-23(14-16-25)21-33-19-17-29(37)35-20-18-28-27(22-35)31(39)36(24-9-5-3-6-10-24)32(34-28)41-26-11-7-4-8-12-26/h3,5-6,9-10,13-16,26,33H,2,4,7-8,11-12,17-22H2,1H3. The predicted octanol–water partition coefficient (Wildman–Crippen LogP) is 5.04. The number of aromatic nitrogens is 2. The number of ether oxygens (including phenoxy) is 1. The van der Waals surface area contributed by atoms with Crippen molar-refractivity contribution in [1.29, 1.82) is 0 Å². The number of para-hydroxylation sites is 1. The minimum atomic E-state index is -0.261. The number of rotatable bonds is 10. The van der Waals surface area contributed by atoms with Crippen molar-refractivity contribution in [3.8, 4) is 11.4 Å². The molecule has 2 aromatic carbocycles. The van der Waals surface area contributed by atoms with E-state index >= 15 is 0 Å². The maximum absolute atomic E-state index is 13.9. The number of benzene rings is 2. The first-order valence-electron chi connectivity index (χ1n) is 14.7. The molecule has 216 valence electrons. The summed E-state index contributed by atoms with van der Waals surface area (Å²) in [6.07, 6.45) is 7.32. The van der Waals surface area contributed by atoms with Crippen LogP contribution in [-0.4, -0.2) is 44.7 Å². The zero-order chi connectivity index (χ0) is 28.6. The fourth-order valence-electron chi connectivity index (χ4n) is 5.35. The van der Waals surface area contributed by atoms with Crippen LogP contribution in [0.25, 0.3) is 5.69 Å². The van der Waals surface area contributed by atoms with Gasteiger partial charge in [-0.05, 0) is 42.7 Å². The summed E-state index contributed by atoms with van der Waals surface area (Å²) >= 11 is 1.74. The number of amides is 1. The van der Waals surface area contributed by atoms with Crippen molar-refractivity contribution in [2.45, 2.75) is 81.8 Å². The predicted molar refractivity (Wildman–Crippen MR) is 160 cm³/mol. The summed E-state index contributed by atoms with van der Waals surface area (Å²) in [5, 5.41) is 4.57. The van der Waals surface area contributed by atoms with Crippen LogP contribution in [0.3, 0.4) is 0 Å². The van der Waals surface area contributed by atoms with Gasteiger partial charge in [0.15, 0.2) is 5.16 Å². The van der Waals surface area contributed by atoms with E-state index in [2.05, 4.69) is 5.32 Å². The Balaban J connectivity index is 1.21. The molecule has 0 radical (unpaired) electrons. The summed E-state index contributed by atoms with van der Waals surface area (Å²) in [5.74, 6) is 0.293. The van der Waals surface area contributed by atoms with Crippen molar-refractivity contribution >= 4 is 23.6 Å². The van der Waals surface area contributed by atoms with E-state index in [1.807, 2.05) is 42.5 Å². The molecule has 41 heavy (non-hydrogen) atoms. The van der Waals surface area contributed by atoms with Gasteiger partial charge in [-0.3, -0.25) is 19.0 Å². The summed E-state index contributed by atoms with van der Waals surface area (Å²) < 4.78 is 6.96. The van der Waals surface area contributed by atoms with E-state index in [0.717, 1.165) is 34.9 Å². The van der Waals surface area contributed by atoms with Gasteiger partial charge in [-0.1, -0.05) is 68.3 Å². The summed E-state index contributed by atoms with van der Waals surface area (Å²) in [6.45, 7) is 3.75. The van der Waals surface area contributed by atoms with Gasteiger partial charge in [0.1, 0.15) is 5.75 Å². The minimum absolute atomic E-state index is 0.0243. The zero-order valence-electron chi connectivity index (χ0n) is 23.6. The molecule has 2 aliphatic rings. The molecule has 1 N–H and O–H groups in total. The van der Waals surface area contributed by atoms with Gasteiger partial charge in [0.25, 0.3) is 5.56 Å². The summed E-state index contributed by atoms with van der Waals surface area (Å²) in [5.41, 5.74) is 3.24. The smallest absolute Gasteiger partial charge is 0.310 e. The SMILES string of the molecule is CCC(=O)Oc1ccc(CNCCC(=O)N2CCc3nc(SC4CCCCC4)n(-c4ccccc4)c(=O)c3C2)cc1. The third-order valence-electron chi connectivity index (χ3n) is 7.68. The Kier molecular flexibility index (Phi) is 9.90. The molecule has 1 amide bonds. The van der Waals surface area contributed by atoms with Crippen molar-refractivity contribution in [3.63, 3.8) is 0 Å². The van der Waals surface area contributed by atoms with E-state index in [1.165, 1.54) is 19.3 Å². The van der Waals surface area contributed by atoms with Gasteiger partial charge in [-0.25, -0.2) is 4.98 Å². The molecule has 1 fully saturated rings. The lowest BCUT2D eigenvalue weighted by atomic mass is 10.0. The van der Waals surface area contributed by atoms with Gasteiger partial charge in [0, 0.05) is 44.1 Å². The maximum atomic E-state index is 13.9. The first-order chi connectivity index (χ1) is 20.0. The van der Waals surface area contributed by atoms with Crippen molar-refractivity contribution in [3.05, 3.63) is 81.8 Å². The molecule has 1 aliphatic carbocycles. The molecule has 1 saturated carbocycles. The summed E-state index contributed by atoms with van der Waals surface area (Å²) in [4.78, 5) is 45.2. The number of carbonyl (C=O) groups excluding carboxylic acids is 2. The molecular formula is C32H38N4O4S. The van der Waals surface area contributed by atoms with Gasteiger partial charge in [0.05, 0.1) is 23.5 Å². The Morgan fingerprint density at radius 2 is 1.80 bits per heavy atom. The van der Waals surface area contributed by atoms with Gasteiger partial charge in [-0.2, -0.15) is 0 Å². The number of esters is 1. The number of nitrogens with zero attached hydrogens (tertiary/aromatic N) is 3. The Hall–Kier alpha value is -3.43. The normalized spacial score (nSPS) is 15.4. The topological polar surface area (TPSA) is 93.5 Å². The van der Waals surface area contributed by atoms with E-state index in [-0.39, 0.29) is 17.4 Å². The molecule has 0 unspecified atom stereocenters. The Morgan fingerprint density at radius 3 is 2.54 bits per heavy atom. The quantitative estimate of drug-likeness (QED) is 0.157. The average molecular weight is 575 g/mol. The molecule has 0 saturated heterocycles. The van der Waals surface area contributed by atoms with Gasteiger partial charge >= 0.3 is 5.97 Å². The number of nitrogens with one attached hydrogen (secondary N) is 1. The lowest BCUT2D eigenvalue weighted by Gasteiger charge is -2.30. The fraction of sp³-hybridized carbons (Fsp3) is 0.438. The highest BCUT2D eigenvalue weighted by Gasteiger charge is 2.28. The number of fused-ring (bicyclic) bond motifs is 1. The molecule has 0 bridgehead atoms. The lowest BCUT2D eigenvalue weighted by Crippen LogP contribution is -2.42. The highest BCUT2D eigenvalue weighted by atomic mass is 32.2. The molecule has 0 spiro atoms. The fourth-order valence-corrected chi connectivity index (χ4v) is 6.67. The highest BCUT2D eigenvalue weighted by molar-refractivity contribution is 7.99. The van der Waals surface area contributed by atoms with E-state index < -0.39 is 0 Å². The minimum Gasteiger partial charge on any atom is -0.427 e. The number of carbonyl (C=O) groups is 2. The van der Waals surface area contributed by atoms with Gasteiger partial charge < -0.3 is 15.0 Å². The second-order valence-corrected chi connectivity index (χ2v) is 11.9. The molecule has 5 rings (SSSR count). The first-order valence-corrected chi connectivity index (χ1v) is 15.5. The molecule has 8 nitrogen and oxygen atoms in total. The van der Waals surface area contributed by atoms with Crippen LogP contribution >= 0.6 is 11.8 Å². The van der Waals surface area contributed by atoms with Crippen LogP contribution in [0.1, 0.15) is 68.7 Å². The number of hydrogen-bond acceptors (Lipinski definition) is 7. The summed E-state index contributed by atoms with van der Waals surface area (Å²) in [6, 6.07) is 17.1. The zero-order valence-corrected chi connectivity index (χ0v) is 24.5. The average Bonchev–Trinajstić information content (AvgIpc) is 3.01. The van der Waals surface area contributed by atoms with Crippen molar-refractivity contribution in [1.82, 2.24) is 19.8 Å². The van der Waals surface area contributed by atoms with Crippen LogP contribution in [-0.2, 0) is 29.1 Å². The van der Waals surface area contributed by atoms with Crippen LogP contribution in [0.4, 0.5) is 0 Å². The third kappa shape index (κ3) is 7.45. The number of thioether (sulfide) groups is 1. The molecule has 9 heteroatoms. The van der Waals surface area contributed by atoms with Crippen LogP contribution in [0.15, 0.2) is 64.5 Å². The van der Waals surface area contributed by atoms with Crippen molar-refractivity contribution < 1.29 is 14.3 Å². The van der Waals surface area contributed by atoms with Crippen LogP contribution < -0.4 is 15.6 Å². The third-order valence-corrected chi connectivity index (χ3v) is 8.97. The van der Waals surface area contributed by atoms with Crippen LogP contribution in [0.2, 0.25) is 0 Å². The maximum Gasteiger partial charge on any atom is 0.310 e. The van der Waals surface area contributed by atoms with E-state index in [0.29, 0.717) is 62.0 Å². The van der Waals surface area contributed by atoms with E-state index in [9.17, 15) is 14.4 Å².